The number of nitrogens with two attached hydrogens (primary N) is 1. The van der Waals surface area contributed by atoms with Gasteiger partial charge in [-0.15, -0.1) is 24.8 Å². The minimum Gasteiger partial charge on any atom is -0.491 e. The Morgan fingerprint density at radius 3 is 2.38 bits per heavy atom. The van der Waals surface area contributed by atoms with Gasteiger partial charge in [-0.3, -0.25) is 4.79 Å². The number of hydrogen-bond donors (Lipinski definition) is 2. The number of halogens is 3. The zero-order valence-corrected chi connectivity index (χ0v) is 17.1. The van der Waals surface area contributed by atoms with Crippen LogP contribution in [0.5, 0.6) is 5.75 Å². The molecule has 0 aliphatic rings. The van der Waals surface area contributed by atoms with E-state index in [1.165, 1.54) is 0 Å². The number of likely N-dealkylation sites (N-methyl/N-ethyl adjacent to an activating group) is 1. The summed E-state index contributed by atoms with van der Waals surface area (Å²) >= 11 is 6.18. The van der Waals surface area contributed by atoms with Crippen molar-refractivity contribution in [3.8, 4) is 5.75 Å². The smallest absolute Gasteiger partial charge is 0.241 e. The predicted molar refractivity (Wildman–Crippen MR) is 106 cm³/mol. The van der Waals surface area contributed by atoms with Gasteiger partial charge in [0.1, 0.15) is 12.4 Å². The second-order valence-electron chi connectivity index (χ2n) is 6.63. The number of hydrogen-bond acceptors (Lipinski definition) is 4. The van der Waals surface area contributed by atoms with Gasteiger partial charge in [0.15, 0.2) is 0 Å². The number of ether oxygens (including phenoxy) is 1. The molecule has 140 valence electrons. The molecule has 1 rings (SSSR count). The van der Waals surface area contributed by atoms with Crippen molar-refractivity contribution in [1.82, 2.24) is 4.90 Å². The summed E-state index contributed by atoms with van der Waals surface area (Å²) in [7, 11) is 3.95. The fraction of sp³-hybridized carbons (Fsp3) is 0.562. The average Bonchev–Trinajstić information content (AvgIpc) is 2.38. The van der Waals surface area contributed by atoms with Gasteiger partial charge in [0.25, 0.3) is 0 Å². The third kappa shape index (κ3) is 8.40. The van der Waals surface area contributed by atoms with Crippen LogP contribution in [0.1, 0.15) is 20.8 Å². The molecule has 1 aromatic rings. The maximum Gasteiger partial charge on any atom is 0.241 e. The topological polar surface area (TPSA) is 67.6 Å². The highest BCUT2D eigenvalue weighted by Gasteiger charge is 2.27. The highest BCUT2D eigenvalue weighted by molar-refractivity contribution is 6.32. The lowest BCUT2D eigenvalue weighted by Gasteiger charge is -2.25. The van der Waals surface area contributed by atoms with E-state index in [9.17, 15) is 4.79 Å². The van der Waals surface area contributed by atoms with Gasteiger partial charge < -0.3 is 20.7 Å². The van der Waals surface area contributed by atoms with Crippen molar-refractivity contribution in [2.75, 3.05) is 32.6 Å². The number of anilines is 1. The molecule has 3 N–H and O–H groups in total. The standard InChI is InChI=1S/C16H26ClN3O2.2ClH/c1-16(2,3)14(18)15(21)19-11-6-7-13(12(17)10-11)22-9-8-20(4)5;;/h6-7,10,14H,8-9,18H2,1-5H3,(H,19,21);2*1H/t14-;;/m1../s1. The zero-order valence-electron chi connectivity index (χ0n) is 14.8. The summed E-state index contributed by atoms with van der Waals surface area (Å²) in [5.74, 6) is 0.367. The van der Waals surface area contributed by atoms with E-state index in [-0.39, 0.29) is 36.1 Å². The van der Waals surface area contributed by atoms with Crippen LogP contribution in [-0.2, 0) is 4.79 Å². The van der Waals surface area contributed by atoms with E-state index in [1.54, 1.807) is 18.2 Å². The quantitative estimate of drug-likeness (QED) is 0.767. The van der Waals surface area contributed by atoms with Gasteiger partial charge in [-0.25, -0.2) is 0 Å². The lowest BCUT2D eigenvalue weighted by molar-refractivity contribution is -0.119. The van der Waals surface area contributed by atoms with Crippen molar-refractivity contribution >= 4 is 48.0 Å². The van der Waals surface area contributed by atoms with Gasteiger partial charge in [-0.2, -0.15) is 0 Å². The first-order valence-electron chi connectivity index (χ1n) is 7.25. The Hall–Kier alpha value is -0.720. The molecule has 1 atom stereocenters. The van der Waals surface area contributed by atoms with Crippen LogP contribution in [0, 0.1) is 5.41 Å². The van der Waals surface area contributed by atoms with E-state index in [1.807, 2.05) is 39.8 Å². The van der Waals surface area contributed by atoms with Crippen LogP contribution in [0.25, 0.3) is 0 Å². The monoisotopic (exact) mass is 399 g/mol. The van der Waals surface area contributed by atoms with Gasteiger partial charge in [0, 0.05) is 12.2 Å². The molecule has 0 unspecified atom stereocenters. The molecule has 0 heterocycles. The summed E-state index contributed by atoms with van der Waals surface area (Å²) in [6.45, 7) is 7.12. The average molecular weight is 401 g/mol. The van der Waals surface area contributed by atoms with Gasteiger partial charge in [0.05, 0.1) is 11.1 Å². The summed E-state index contributed by atoms with van der Waals surface area (Å²) in [6.07, 6.45) is 0. The molecule has 5 nitrogen and oxygen atoms in total. The molecule has 1 aromatic carbocycles. The highest BCUT2D eigenvalue weighted by Crippen LogP contribution is 2.28. The molecular formula is C16H28Cl3N3O2. The third-order valence-corrected chi connectivity index (χ3v) is 3.51. The molecule has 0 radical (unpaired) electrons. The predicted octanol–water partition coefficient (Wildman–Crippen LogP) is 3.44. The van der Waals surface area contributed by atoms with E-state index < -0.39 is 6.04 Å². The van der Waals surface area contributed by atoms with Gasteiger partial charge in [0.2, 0.25) is 5.91 Å². The molecule has 0 saturated heterocycles. The SMILES string of the molecule is CN(C)CCOc1ccc(NC(=O)[C@@H](N)C(C)(C)C)cc1Cl.Cl.Cl. The van der Waals surface area contributed by atoms with E-state index >= 15 is 0 Å². The van der Waals surface area contributed by atoms with E-state index in [4.69, 9.17) is 22.1 Å². The summed E-state index contributed by atoms with van der Waals surface area (Å²) < 4.78 is 5.60. The van der Waals surface area contributed by atoms with Crippen LogP contribution in [-0.4, -0.2) is 44.1 Å². The molecule has 24 heavy (non-hydrogen) atoms. The number of rotatable bonds is 6. The zero-order chi connectivity index (χ0) is 16.9. The Labute approximate surface area is 162 Å². The number of benzene rings is 1. The molecule has 0 saturated carbocycles. The number of amides is 1. The summed E-state index contributed by atoms with van der Waals surface area (Å²) in [5, 5.41) is 3.24. The molecule has 0 bridgehead atoms. The molecule has 0 aliphatic carbocycles. The Morgan fingerprint density at radius 1 is 1.33 bits per heavy atom. The van der Waals surface area contributed by atoms with E-state index in [0.29, 0.717) is 23.1 Å². The normalized spacial score (nSPS) is 12.0. The number of nitrogens with zero attached hydrogens (tertiary/aromatic N) is 1. The van der Waals surface area contributed by atoms with Crippen molar-refractivity contribution in [3.63, 3.8) is 0 Å². The lowest BCUT2D eigenvalue weighted by Crippen LogP contribution is -2.45. The number of carbonyl (C=O) groups excluding carboxylic acids is 1. The fourth-order valence-corrected chi connectivity index (χ4v) is 1.88. The molecule has 0 aromatic heterocycles. The van der Waals surface area contributed by atoms with Crippen LogP contribution in [0.2, 0.25) is 5.02 Å². The minimum atomic E-state index is -0.595. The maximum atomic E-state index is 12.1. The molecular weight excluding hydrogens is 373 g/mol. The fourth-order valence-electron chi connectivity index (χ4n) is 1.65. The van der Waals surface area contributed by atoms with Crippen molar-refractivity contribution in [2.24, 2.45) is 11.1 Å². The van der Waals surface area contributed by atoms with Gasteiger partial charge in [-0.1, -0.05) is 32.4 Å². The van der Waals surface area contributed by atoms with E-state index in [0.717, 1.165) is 6.54 Å². The Balaban J connectivity index is 0. The molecule has 0 fully saturated rings. The molecule has 0 aliphatic heterocycles. The second-order valence-corrected chi connectivity index (χ2v) is 7.04. The van der Waals surface area contributed by atoms with E-state index in [2.05, 4.69) is 5.32 Å². The lowest BCUT2D eigenvalue weighted by atomic mass is 9.87. The first-order valence-corrected chi connectivity index (χ1v) is 7.62. The van der Waals surface area contributed by atoms with Crippen molar-refractivity contribution in [3.05, 3.63) is 23.2 Å². The Bertz CT molecular complexity index is 520. The minimum absolute atomic E-state index is 0. The maximum absolute atomic E-state index is 12.1. The number of carbonyl (C=O) groups is 1. The Kier molecular flexibility index (Phi) is 11.7. The van der Waals surface area contributed by atoms with Crippen LogP contribution >= 0.6 is 36.4 Å². The summed E-state index contributed by atoms with van der Waals surface area (Å²) in [4.78, 5) is 14.1. The largest absolute Gasteiger partial charge is 0.491 e. The number of nitrogens with one attached hydrogen (secondary N) is 1. The Morgan fingerprint density at radius 2 is 1.92 bits per heavy atom. The van der Waals surface area contributed by atoms with Crippen molar-refractivity contribution < 1.29 is 9.53 Å². The second kappa shape index (κ2) is 11.0. The highest BCUT2D eigenvalue weighted by atomic mass is 35.5. The van der Waals surface area contributed by atoms with Crippen LogP contribution in [0.3, 0.4) is 0 Å². The van der Waals surface area contributed by atoms with Crippen LogP contribution < -0.4 is 15.8 Å². The van der Waals surface area contributed by atoms with Gasteiger partial charge in [-0.05, 0) is 37.7 Å². The summed E-state index contributed by atoms with van der Waals surface area (Å²) in [6, 6.07) is 4.57. The molecule has 1 amide bonds. The molecule has 0 spiro atoms. The van der Waals surface area contributed by atoms with Crippen LogP contribution in [0.15, 0.2) is 18.2 Å². The van der Waals surface area contributed by atoms with Gasteiger partial charge >= 0.3 is 0 Å². The molecule has 8 heteroatoms. The van der Waals surface area contributed by atoms with Crippen molar-refractivity contribution in [2.45, 2.75) is 26.8 Å². The first-order chi connectivity index (χ1) is 10.1. The van der Waals surface area contributed by atoms with Crippen molar-refractivity contribution in [1.29, 1.82) is 0 Å². The first kappa shape index (κ1) is 25.5. The summed E-state index contributed by atoms with van der Waals surface area (Å²) in [5.41, 5.74) is 6.23. The third-order valence-electron chi connectivity index (χ3n) is 3.21. The van der Waals surface area contributed by atoms with Crippen LogP contribution in [0.4, 0.5) is 5.69 Å².